The maximum Gasteiger partial charge on any atom is 0.273 e. The van der Waals surface area contributed by atoms with Gasteiger partial charge in [0.1, 0.15) is 28.9 Å². The predicted octanol–water partition coefficient (Wildman–Crippen LogP) is 4.97. The zero-order valence-electron chi connectivity index (χ0n) is 17.5. The van der Waals surface area contributed by atoms with Gasteiger partial charge < -0.3 is 9.64 Å². The summed E-state index contributed by atoms with van der Waals surface area (Å²) in [6.45, 7) is 4.48. The van der Waals surface area contributed by atoms with Crippen molar-refractivity contribution in [1.82, 2.24) is 14.9 Å². The van der Waals surface area contributed by atoms with Gasteiger partial charge in [-0.2, -0.15) is 0 Å². The first kappa shape index (κ1) is 20.1. The largest absolute Gasteiger partial charge is 0.491 e. The van der Waals surface area contributed by atoms with E-state index in [1.807, 2.05) is 29.3 Å². The van der Waals surface area contributed by atoms with E-state index in [-0.39, 0.29) is 23.8 Å². The number of pyridine rings is 1. The molecule has 4 heterocycles. The highest BCUT2D eigenvalue weighted by atomic mass is 32.1. The van der Waals surface area contributed by atoms with Crippen LogP contribution in [0.3, 0.4) is 0 Å². The van der Waals surface area contributed by atoms with Crippen LogP contribution in [-0.4, -0.2) is 39.5 Å². The second-order valence-corrected chi connectivity index (χ2v) is 9.37. The van der Waals surface area contributed by atoms with Crippen LogP contribution in [0.2, 0.25) is 0 Å². The van der Waals surface area contributed by atoms with Crippen LogP contribution in [0.15, 0.2) is 48.0 Å². The van der Waals surface area contributed by atoms with E-state index >= 15 is 0 Å². The van der Waals surface area contributed by atoms with Crippen molar-refractivity contribution in [3.05, 3.63) is 65.2 Å². The topological polar surface area (TPSA) is 55.3 Å². The highest BCUT2D eigenvalue weighted by molar-refractivity contribution is 7.13. The molecule has 6 rings (SSSR count). The second-order valence-electron chi connectivity index (χ2n) is 8.48. The second kappa shape index (κ2) is 8.04. The first-order chi connectivity index (χ1) is 15.0. The number of piperidine rings is 2. The van der Waals surface area contributed by atoms with Crippen molar-refractivity contribution in [3.63, 3.8) is 0 Å². The molecule has 2 bridgehead atoms. The Balaban J connectivity index is 1.45. The summed E-state index contributed by atoms with van der Waals surface area (Å²) in [5.41, 5.74) is 2.04. The molecular weight excluding hydrogens is 413 g/mol. The van der Waals surface area contributed by atoms with Crippen LogP contribution in [0, 0.1) is 24.6 Å². The Bertz CT molecular complexity index is 1080. The van der Waals surface area contributed by atoms with Crippen molar-refractivity contribution in [2.24, 2.45) is 11.8 Å². The van der Waals surface area contributed by atoms with E-state index in [2.05, 4.69) is 16.9 Å². The number of hydrogen-bond donors (Lipinski definition) is 0. The number of aryl methyl sites for hydroxylation is 1. The summed E-state index contributed by atoms with van der Waals surface area (Å²) < 4.78 is 19.2. The van der Waals surface area contributed by atoms with Crippen molar-refractivity contribution < 1.29 is 13.9 Å². The predicted molar refractivity (Wildman–Crippen MR) is 118 cm³/mol. The summed E-state index contributed by atoms with van der Waals surface area (Å²) in [5.74, 6) is 1.19. The van der Waals surface area contributed by atoms with Crippen LogP contribution in [0.25, 0.3) is 10.6 Å². The molecule has 2 aliphatic heterocycles. The Kier molecular flexibility index (Phi) is 5.22. The van der Waals surface area contributed by atoms with E-state index in [0.717, 1.165) is 29.1 Å². The Morgan fingerprint density at radius 2 is 2.00 bits per heavy atom. The lowest BCUT2D eigenvalue weighted by Crippen LogP contribution is -2.64. The van der Waals surface area contributed by atoms with Gasteiger partial charge in [0, 0.05) is 28.9 Å². The highest BCUT2D eigenvalue weighted by Crippen LogP contribution is 2.47. The number of aromatic nitrogens is 2. The van der Waals surface area contributed by atoms with Gasteiger partial charge in [-0.15, -0.1) is 11.3 Å². The van der Waals surface area contributed by atoms with Gasteiger partial charge in [-0.1, -0.05) is 6.92 Å². The zero-order chi connectivity index (χ0) is 21.5. The number of fused-ring (bicyclic) bond motifs is 2. The summed E-state index contributed by atoms with van der Waals surface area (Å²) in [6, 6.07) is 10.0. The van der Waals surface area contributed by atoms with Gasteiger partial charge in [-0.3, -0.25) is 4.79 Å². The fraction of sp³-hybridized carbons (Fsp3) is 0.375. The summed E-state index contributed by atoms with van der Waals surface area (Å²) in [5, 5.41) is 2.70. The van der Waals surface area contributed by atoms with E-state index in [1.54, 1.807) is 18.3 Å². The van der Waals surface area contributed by atoms with Gasteiger partial charge in [-0.05, 0) is 68.0 Å². The lowest BCUT2D eigenvalue weighted by molar-refractivity contribution is -0.0672. The van der Waals surface area contributed by atoms with Crippen LogP contribution in [0.5, 0.6) is 5.75 Å². The molecule has 2 atom stereocenters. The van der Waals surface area contributed by atoms with Crippen molar-refractivity contribution in [2.75, 3.05) is 6.61 Å². The van der Waals surface area contributed by atoms with E-state index in [0.29, 0.717) is 29.9 Å². The fourth-order valence-corrected chi connectivity index (χ4v) is 5.42. The van der Waals surface area contributed by atoms with Crippen LogP contribution in [-0.2, 0) is 0 Å². The van der Waals surface area contributed by atoms with Crippen molar-refractivity contribution >= 4 is 17.2 Å². The normalized spacial score (nSPS) is 24.5. The van der Waals surface area contributed by atoms with Crippen LogP contribution in [0.1, 0.15) is 35.9 Å². The number of rotatable bonds is 5. The molecule has 2 aromatic heterocycles. The van der Waals surface area contributed by atoms with Gasteiger partial charge in [0.05, 0.1) is 6.04 Å². The standard InChI is InChI=1S/C24H24FN3O2S/c1-14-3-8-20(23-26-9-10-31-23)22(27-14)24(29)28-18-11-16(12-18)15(2)21(28)13-30-19-6-4-17(25)5-7-19/h3-10,15-16,18,21H,11-13H2,1-2H3/t15-,16?,18?,21+/m1/s1. The van der Waals surface area contributed by atoms with Crippen LogP contribution >= 0.6 is 11.3 Å². The summed E-state index contributed by atoms with van der Waals surface area (Å²) in [7, 11) is 0. The lowest BCUT2D eigenvalue weighted by Gasteiger charge is -2.57. The number of carbonyl (C=O) groups is 1. The fourth-order valence-electron chi connectivity index (χ4n) is 4.76. The maximum atomic E-state index is 13.9. The Morgan fingerprint density at radius 1 is 1.23 bits per heavy atom. The average Bonchev–Trinajstić information content (AvgIpc) is 3.27. The third-order valence-corrected chi connectivity index (χ3v) is 7.43. The molecule has 0 radical (unpaired) electrons. The molecule has 1 saturated carbocycles. The number of thiazole rings is 1. The number of ether oxygens (including phenoxy) is 1. The molecule has 3 fully saturated rings. The van der Waals surface area contributed by atoms with E-state index in [1.165, 1.54) is 23.5 Å². The molecule has 0 N–H and O–H groups in total. The molecule has 3 aromatic rings. The number of benzene rings is 1. The van der Waals surface area contributed by atoms with Gasteiger partial charge >= 0.3 is 0 Å². The minimum Gasteiger partial charge on any atom is -0.491 e. The van der Waals surface area contributed by atoms with Crippen LogP contribution < -0.4 is 4.74 Å². The number of nitrogens with zero attached hydrogens (tertiary/aromatic N) is 3. The molecule has 1 aromatic carbocycles. The first-order valence-corrected chi connectivity index (χ1v) is 11.5. The van der Waals surface area contributed by atoms with E-state index in [4.69, 9.17) is 4.74 Å². The average molecular weight is 438 g/mol. The molecule has 160 valence electrons. The van der Waals surface area contributed by atoms with Crippen LogP contribution in [0.4, 0.5) is 4.39 Å². The molecule has 0 spiro atoms. The summed E-state index contributed by atoms with van der Waals surface area (Å²) in [4.78, 5) is 24.9. The molecule has 31 heavy (non-hydrogen) atoms. The third-order valence-electron chi connectivity index (χ3n) is 6.62. The first-order valence-electron chi connectivity index (χ1n) is 10.6. The minimum atomic E-state index is -0.295. The van der Waals surface area contributed by atoms with Crippen molar-refractivity contribution in [1.29, 1.82) is 0 Å². The Hall–Kier alpha value is -2.80. The molecule has 7 heteroatoms. The Morgan fingerprint density at radius 3 is 2.71 bits per heavy atom. The number of amides is 1. The number of hydrogen-bond acceptors (Lipinski definition) is 5. The van der Waals surface area contributed by atoms with Gasteiger partial charge in [0.25, 0.3) is 5.91 Å². The highest BCUT2D eigenvalue weighted by Gasteiger charge is 2.51. The van der Waals surface area contributed by atoms with Crippen molar-refractivity contribution in [3.8, 4) is 16.3 Å². The van der Waals surface area contributed by atoms with E-state index < -0.39 is 0 Å². The smallest absolute Gasteiger partial charge is 0.273 e. The maximum absolute atomic E-state index is 13.9. The van der Waals surface area contributed by atoms with Gasteiger partial charge in [0.15, 0.2) is 0 Å². The molecule has 1 aliphatic carbocycles. The molecule has 5 nitrogen and oxygen atoms in total. The minimum absolute atomic E-state index is 0.0542. The number of carbonyl (C=O) groups excluding carboxylic acids is 1. The van der Waals surface area contributed by atoms with E-state index in [9.17, 15) is 9.18 Å². The van der Waals surface area contributed by atoms with Gasteiger partial charge in [-0.25, -0.2) is 14.4 Å². The molecule has 3 aliphatic rings. The summed E-state index contributed by atoms with van der Waals surface area (Å²) in [6.07, 6.45) is 3.80. The third kappa shape index (κ3) is 3.71. The molecule has 0 unspecified atom stereocenters. The molecular formula is C24H24FN3O2S. The monoisotopic (exact) mass is 437 g/mol. The number of halogens is 1. The zero-order valence-corrected chi connectivity index (χ0v) is 18.3. The SMILES string of the molecule is Cc1ccc(-c2nccs2)c(C(=O)N2C3CC(C3)[C@@H](C)[C@@H]2COc2ccc(F)cc2)n1. The van der Waals surface area contributed by atoms with Gasteiger partial charge in [0.2, 0.25) is 0 Å². The summed E-state index contributed by atoms with van der Waals surface area (Å²) >= 11 is 1.50. The Labute approximate surface area is 184 Å². The lowest BCUT2D eigenvalue weighted by atomic mass is 9.64. The quantitative estimate of drug-likeness (QED) is 0.566. The molecule has 2 saturated heterocycles. The van der Waals surface area contributed by atoms with Crippen molar-refractivity contribution in [2.45, 2.75) is 38.8 Å². The molecule has 1 amide bonds.